The third-order valence-corrected chi connectivity index (χ3v) is 5.30. The van der Waals surface area contributed by atoms with Crippen LogP contribution in [-0.2, 0) is 6.54 Å². The van der Waals surface area contributed by atoms with Gasteiger partial charge in [-0.2, -0.15) is 0 Å². The number of primary amides is 1. The highest BCUT2D eigenvalue weighted by Gasteiger charge is 2.19. The van der Waals surface area contributed by atoms with Gasteiger partial charge >= 0.3 is 0 Å². The van der Waals surface area contributed by atoms with E-state index >= 15 is 0 Å². The Bertz CT molecular complexity index is 1060. The van der Waals surface area contributed by atoms with Crippen molar-refractivity contribution in [2.75, 3.05) is 5.43 Å². The molecule has 0 aliphatic heterocycles. The van der Waals surface area contributed by atoms with Crippen LogP contribution in [0.15, 0.2) is 35.1 Å². The van der Waals surface area contributed by atoms with Crippen LogP contribution in [0, 0.1) is 13.8 Å². The number of carbonyl (C=O) groups is 1. The summed E-state index contributed by atoms with van der Waals surface area (Å²) >= 11 is 6.40. The molecule has 9 heteroatoms. The predicted molar refractivity (Wildman–Crippen MR) is 107 cm³/mol. The van der Waals surface area contributed by atoms with E-state index in [4.69, 9.17) is 18.0 Å². The molecule has 1 amide bonds. The molecule has 7 nitrogen and oxygen atoms in total. The van der Waals surface area contributed by atoms with Crippen molar-refractivity contribution in [1.82, 2.24) is 15.0 Å². The van der Waals surface area contributed by atoms with Crippen molar-refractivity contribution in [3.63, 3.8) is 0 Å². The van der Waals surface area contributed by atoms with E-state index in [1.807, 2.05) is 30.3 Å². The molecule has 2 aromatic heterocycles. The first-order valence-corrected chi connectivity index (χ1v) is 9.02. The van der Waals surface area contributed by atoms with Crippen molar-refractivity contribution in [3.05, 3.63) is 62.5 Å². The van der Waals surface area contributed by atoms with Crippen molar-refractivity contribution >= 4 is 44.8 Å². The Balaban J connectivity index is 1.88. The van der Waals surface area contributed by atoms with Crippen LogP contribution in [0.1, 0.15) is 26.6 Å². The standard InChI is InChI=1S/C17H17N5O2S2/c1-9-12-15(26-13(9)14(18)23)20-10(2)22(16(12)24)21-17(25)19-8-11-6-4-3-5-7-11/h3-7H,8H2,1-2H3,(H2,18,23)(H2,19,21,25). The number of nitrogens with two attached hydrogens (primary N) is 1. The summed E-state index contributed by atoms with van der Waals surface area (Å²) in [5.74, 6) is -0.134. The summed E-state index contributed by atoms with van der Waals surface area (Å²) in [5.41, 5.74) is 9.50. The van der Waals surface area contributed by atoms with Crippen LogP contribution in [0.5, 0.6) is 0 Å². The highest BCUT2D eigenvalue weighted by atomic mass is 32.1. The van der Waals surface area contributed by atoms with Gasteiger partial charge < -0.3 is 11.1 Å². The number of carbonyl (C=O) groups excluding carboxylic acids is 1. The zero-order chi connectivity index (χ0) is 18.8. The maximum absolute atomic E-state index is 12.8. The van der Waals surface area contributed by atoms with Crippen LogP contribution in [0.4, 0.5) is 0 Å². The number of aryl methyl sites for hydroxylation is 2. The van der Waals surface area contributed by atoms with Gasteiger partial charge in [0.15, 0.2) is 5.11 Å². The largest absolute Gasteiger partial charge is 0.365 e. The molecule has 3 aromatic rings. The number of hydrogen-bond donors (Lipinski definition) is 3. The summed E-state index contributed by atoms with van der Waals surface area (Å²) in [4.78, 5) is 29.6. The molecule has 0 aliphatic carbocycles. The third kappa shape index (κ3) is 3.44. The molecule has 4 N–H and O–H groups in total. The van der Waals surface area contributed by atoms with Crippen molar-refractivity contribution in [1.29, 1.82) is 0 Å². The van der Waals surface area contributed by atoms with Crippen molar-refractivity contribution < 1.29 is 4.79 Å². The molecule has 2 heterocycles. The lowest BCUT2D eigenvalue weighted by atomic mass is 10.2. The fourth-order valence-corrected chi connectivity index (χ4v) is 3.80. The van der Waals surface area contributed by atoms with Gasteiger partial charge in [0.1, 0.15) is 10.7 Å². The van der Waals surface area contributed by atoms with E-state index in [1.165, 1.54) is 4.68 Å². The molecule has 0 unspecified atom stereocenters. The van der Waals surface area contributed by atoms with Gasteiger partial charge in [0.2, 0.25) is 0 Å². The number of nitrogens with one attached hydrogen (secondary N) is 2. The minimum Gasteiger partial charge on any atom is -0.365 e. The van der Waals surface area contributed by atoms with Crippen molar-refractivity contribution in [3.8, 4) is 0 Å². The zero-order valence-electron chi connectivity index (χ0n) is 14.2. The van der Waals surface area contributed by atoms with E-state index < -0.39 is 5.91 Å². The van der Waals surface area contributed by atoms with Crippen molar-refractivity contribution in [2.24, 2.45) is 5.73 Å². The van der Waals surface area contributed by atoms with E-state index in [-0.39, 0.29) is 5.56 Å². The van der Waals surface area contributed by atoms with Gasteiger partial charge in [-0.05, 0) is 37.2 Å². The van der Waals surface area contributed by atoms with E-state index in [0.29, 0.717) is 38.1 Å². The highest BCUT2D eigenvalue weighted by molar-refractivity contribution is 7.80. The van der Waals surface area contributed by atoms with Gasteiger partial charge in [-0.1, -0.05) is 30.3 Å². The number of nitrogens with zero attached hydrogens (tertiary/aromatic N) is 2. The molecule has 0 aliphatic rings. The summed E-state index contributed by atoms with van der Waals surface area (Å²) in [5, 5.41) is 3.71. The Kier molecular flexibility index (Phi) is 5.01. The molecule has 0 atom stereocenters. The Morgan fingerprint density at radius 2 is 2.00 bits per heavy atom. The first-order chi connectivity index (χ1) is 12.4. The molecule has 0 radical (unpaired) electrons. The van der Waals surface area contributed by atoms with E-state index in [9.17, 15) is 9.59 Å². The quantitative estimate of drug-likeness (QED) is 0.590. The maximum Gasteiger partial charge on any atom is 0.281 e. The first-order valence-electron chi connectivity index (χ1n) is 7.80. The molecule has 3 rings (SSSR count). The minimum atomic E-state index is -0.567. The number of thiophene rings is 1. The lowest BCUT2D eigenvalue weighted by Crippen LogP contribution is -2.40. The molecule has 0 fully saturated rings. The van der Waals surface area contributed by atoms with Crippen molar-refractivity contribution in [2.45, 2.75) is 20.4 Å². The Labute approximate surface area is 158 Å². The van der Waals surface area contributed by atoms with Gasteiger partial charge in [0.05, 0.1) is 10.3 Å². The number of fused-ring (bicyclic) bond motifs is 1. The lowest BCUT2D eigenvalue weighted by Gasteiger charge is -2.14. The second-order valence-corrected chi connectivity index (χ2v) is 7.09. The van der Waals surface area contributed by atoms with Gasteiger partial charge in [0.25, 0.3) is 11.5 Å². The van der Waals surface area contributed by atoms with E-state index in [2.05, 4.69) is 15.7 Å². The number of hydrogen-bond acceptors (Lipinski definition) is 5. The molecular weight excluding hydrogens is 370 g/mol. The SMILES string of the molecule is Cc1c(C(N)=O)sc2nc(C)n(NC(=S)NCc3ccccc3)c(=O)c12. The van der Waals surface area contributed by atoms with E-state index in [0.717, 1.165) is 16.9 Å². The summed E-state index contributed by atoms with van der Waals surface area (Å²) in [6.07, 6.45) is 0. The second kappa shape index (κ2) is 7.22. The molecule has 0 spiro atoms. The summed E-state index contributed by atoms with van der Waals surface area (Å²) in [6.45, 7) is 3.90. The second-order valence-electron chi connectivity index (χ2n) is 5.68. The Morgan fingerprint density at radius 1 is 1.31 bits per heavy atom. The minimum absolute atomic E-state index is 0.295. The number of benzene rings is 1. The number of aromatic nitrogens is 2. The smallest absolute Gasteiger partial charge is 0.281 e. The Hall–Kier alpha value is -2.78. The first kappa shape index (κ1) is 18.0. The Morgan fingerprint density at radius 3 is 2.65 bits per heavy atom. The molecule has 26 heavy (non-hydrogen) atoms. The fraction of sp³-hybridized carbons (Fsp3) is 0.176. The van der Waals surface area contributed by atoms with Crippen LogP contribution in [0.2, 0.25) is 0 Å². The normalized spacial score (nSPS) is 10.7. The third-order valence-electron chi connectivity index (χ3n) is 3.87. The summed E-state index contributed by atoms with van der Waals surface area (Å²) < 4.78 is 1.27. The molecule has 0 bridgehead atoms. The average Bonchev–Trinajstić information content (AvgIpc) is 2.94. The lowest BCUT2D eigenvalue weighted by molar-refractivity contribution is 0.100. The van der Waals surface area contributed by atoms with Crippen LogP contribution >= 0.6 is 23.6 Å². The maximum atomic E-state index is 12.8. The number of thiocarbonyl (C=S) groups is 1. The zero-order valence-corrected chi connectivity index (χ0v) is 15.8. The van der Waals surface area contributed by atoms with Gasteiger partial charge in [-0.25, -0.2) is 9.66 Å². The topological polar surface area (TPSA) is 102 Å². The summed E-state index contributed by atoms with van der Waals surface area (Å²) in [6, 6.07) is 9.76. The van der Waals surface area contributed by atoms with Gasteiger partial charge in [-0.15, -0.1) is 11.3 Å². The molecular formula is C17H17N5O2S2. The average molecular weight is 387 g/mol. The molecule has 134 valence electrons. The molecule has 1 aromatic carbocycles. The monoisotopic (exact) mass is 387 g/mol. The van der Waals surface area contributed by atoms with Crippen LogP contribution in [0.3, 0.4) is 0 Å². The van der Waals surface area contributed by atoms with Gasteiger partial charge in [-0.3, -0.25) is 15.0 Å². The highest BCUT2D eigenvalue weighted by Crippen LogP contribution is 2.26. The number of amides is 1. The van der Waals surface area contributed by atoms with Crippen LogP contribution in [0.25, 0.3) is 10.2 Å². The molecule has 0 saturated heterocycles. The van der Waals surface area contributed by atoms with Crippen LogP contribution in [-0.4, -0.2) is 20.7 Å². The van der Waals surface area contributed by atoms with Crippen LogP contribution < -0.4 is 22.0 Å². The predicted octanol–water partition coefficient (Wildman–Crippen LogP) is 1.79. The summed E-state index contributed by atoms with van der Waals surface area (Å²) in [7, 11) is 0. The van der Waals surface area contributed by atoms with Gasteiger partial charge in [0, 0.05) is 6.54 Å². The van der Waals surface area contributed by atoms with E-state index in [1.54, 1.807) is 13.8 Å². The fourth-order valence-electron chi connectivity index (χ4n) is 2.57. The molecule has 0 saturated carbocycles. The number of rotatable bonds is 4.